The highest BCUT2D eigenvalue weighted by molar-refractivity contribution is 9.10. The van der Waals surface area contributed by atoms with Crippen molar-refractivity contribution in [3.8, 4) is 11.3 Å². The van der Waals surface area contributed by atoms with Crippen LogP contribution in [-0.2, 0) is 22.7 Å². The van der Waals surface area contributed by atoms with Crippen LogP contribution in [0.4, 0.5) is 5.82 Å². The number of Topliss-reactive ketones (excluding diaryl/α,β-unsaturated/α-hetero) is 1. The van der Waals surface area contributed by atoms with Crippen LogP contribution in [0.25, 0.3) is 22.2 Å². The number of piperidine rings is 1. The normalized spacial score (nSPS) is 20.9. The minimum Gasteiger partial charge on any atom is -0.396 e. The Morgan fingerprint density at radius 2 is 1.88 bits per heavy atom. The zero-order valence-corrected chi connectivity index (χ0v) is 24.4. The number of pyridine rings is 2. The Bertz CT molecular complexity index is 1740. The van der Waals surface area contributed by atoms with E-state index in [1.165, 1.54) is 16.5 Å². The van der Waals surface area contributed by atoms with Crippen LogP contribution in [0.1, 0.15) is 41.6 Å². The summed E-state index contributed by atoms with van der Waals surface area (Å²) in [5, 5.41) is 27.5. The highest BCUT2D eigenvalue weighted by Gasteiger charge is 2.66. The fourth-order valence-corrected chi connectivity index (χ4v) is 6.00. The number of likely N-dealkylation sites (tertiary alicyclic amines) is 1. The van der Waals surface area contributed by atoms with Gasteiger partial charge in [-0.05, 0) is 47.8 Å². The van der Waals surface area contributed by atoms with Crippen molar-refractivity contribution >= 4 is 50.2 Å². The molecular formula is C28H27BrN8O5. The summed E-state index contributed by atoms with van der Waals surface area (Å²) in [6.45, 7) is 2.46. The standard InChI is InChI=1S/C28H27BrN8O5/c1-14(40)25-18-5-19(17-8-30-15(2)31-9-17)32-10-21(18)36(35-25)11-24(41)37-20(6-28(13-39)7-22(28)37)27(42)34-26-16(12-38)3-4-23(29)33-26/h3-5,8-10,20,22,38-39H,6-7,11-13H2,1-2H3,(H,33,34,42)/t20-,22+,28-/m0/s1. The van der Waals surface area contributed by atoms with Gasteiger partial charge in [0.25, 0.3) is 0 Å². The van der Waals surface area contributed by atoms with E-state index in [1.54, 1.807) is 43.7 Å². The molecule has 3 N–H and O–H groups in total. The molecule has 42 heavy (non-hydrogen) atoms. The number of rotatable bonds is 8. The molecule has 6 rings (SSSR count). The molecule has 216 valence electrons. The summed E-state index contributed by atoms with van der Waals surface area (Å²) in [7, 11) is 0. The Hall–Kier alpha value is -4.14. The molecule has 2 aliphatic rings. The van der Waals surface area contributed by atoms with E-state index < -0.39 is 17.4 Å². The number of halogens is 1. The number of hydrogen-bond acceptors (Lipinski definition) is 10. The molecule has 1 aliphatic carbocycles. The Labute approximate surface area is 248 Å². The summed E-state index contributed by atoms with van der Waals surface area (Å²) in [4.78, 5) is 58.5. The Morgan fingerprint density at radius 3 is 2.57 bits per heavy atom. The maximum Gasteiger partial charge on any atom is 0.248 e. The van der Waals surface area contributed by atoms with Crippen LogP contribution in [0.3, 0.4) is 0 Å². The van der Waals surface area contributed by atoms with Gasteiger partial charge in [0.05, 0.1) is 30.6 Å². The van der Waals surface area contributed by atoms with Gasteiger partial charge in [-0.1, -0.05) is 6.07 Å². The summed E-state index contributed by atoms with van der Waals surface area (Å²) in [6.07, 6.45) is 5.71. The Kier molecular flexibility index (Phi) is 7.07. The zero-order valence-electron chi connectivity index (χ0n) is 22.8. The highest BCUT2D eigenvalue weighted by Crippen LogP contribution is 2.59. The van der Waals surface area contributed by atoms with Crippen LogP contribution in [0.15, 0.2) is 41.4 Å². The molecule has 13 nitrogen and oxygen atoms in total. The predicted octanol–water partition coefficient (Wildman–Crippen LogP) is 2.04. The van der Waals surface area contributed by atoms with E-state index in [1.807, 2.05) is 0 Å². The molecule has 5 heterocycles. The third-order valence-electron chi connectivity index (χ3n) is 8.01. The molecule has 1 saturated heterocycles. The van der Waals surface area contributed by atoms with E-state index >= 15 is 0 Å². The van der Waals surface area contributed by atoms with Crippen molar-refractivity contribution in [2.75, 3.05) is 11.9 Å². The molecule has 14 heteroatoms. The monoisotopic (exact) mass is 634 g/mol. The fourth-order valence-electron chi connectivity index (χ4n) is 5.69. The molecule has 2 fully saturated rings. The minimum atomic E-state index is -0.865. The molecule has 0 radical (unpaired) electrons. The van der Waals surface area contributed by atoms with Gasteiger partial charge < -0.3 is 20.4 Å². The molecule has 3 atom stereocenters. The van der Waals surface area contributed by atoms with Crippen LogP contribution in [-0.4, -0.2) is 81.1 Å². The molecule has 4 aromatic rings. The lowest BCUT2D eigenvalue weighted by Crippen LogP contribution is -2.47. The minimum absolute atomic E-state index is 0.156. The molecule has 2 amide bonds. The van der Waals surface area contributed by atoms with E-state index in [-0.39, 0.29) is 55.4 Å². The number of ketones is 1. The third kappa shape index (κ3) is 4.84. The Balaban J connectivity index is 1.30. The van der Waals surface area contributed by atoms with Gasteiger partial charge in [-0.3, -0.25) is 24.0 Å². The first kappa shape index (κ1) is 28.0. The lowest BCUT2D eigenvalue weighted by Gasteiger charge is -2.27. The molecule has 0 unspecified atom stereocenters. The second-order valence-electron chi connectivity index (χ2n) is 10.7. The number of carbonyl (C=O) groups excluding carboxylic acids is 3. The second-order valence-corrected chi connectivity index (χ2v) is 11.5. The number of aryl methyl sites for hydroxylation is 1. The van der Waals surface area contributed by atoms with Gasteiger partial charge >= 0.3 is 0 Å². The summed E-state index contributed by atoms with van der Waals surface area (Å²) in [5.74, 6) is -0.317. The number of amides is 2. The van der Waals surface area contributed by atoms with Gasteiger partial charge in [0.15, 0.2) is 5.78 Å². The van der Waals surface area contributed by atoms with E-state index in [4.69, 9.17) is 0 Å². The number of aromatic nitrogens is 6. The number of aliphatic hydroxyl groups is 2. The van der Waals surface area contributed by atoms with Crippen molar-refractivity contribution in [1.29, 1.82) is 0 Å². The topological polar surface area (TPSA) is 176 Å². The first-order valence-corrected chi connectivity index (χ1v) is 14.1. The van der Waals surface area contributed by atoms with Crippen molar-refractivity contribution in [3.05, 3.63) is 58.5 Å². The molecule has 1 saturated carbocycles. The number of nitrogens with zero attached hydrogens (tertiary/aromatic N) is 7. The summed E-state index contributed by atoms with van der Waals surface area (Å²) < 4.78 is 1.90. The van der Waals surface area contributed by atoms with Gasteiger partial charge in [-0.15, -0.1) is 0 Å². The van der Waals surface area contributed by atoms with E-state index in [0.717, 1.165) is 0 Å². The molecule has 1 aliphatic heterocycles. The summed E-state index contributed by atoms with van der Waals surface area (Å²) in [5.41, 5.74) is 1.78. The first-order valence-electron chi connectivity index (χ1n) is 13.3. The number of carbonyl (C=O) groups is 3. The number of aliphatic hydroxyl groups excluding tert-OH is 2. The average molecular weight is 635 g/mol. The zero-order chi connectivity index (χ0) is 29.8. The van der Waals surface area contributed by atoms with E-state index in [9.17, 15) is 24.6 Å². The first-order chi connectivity index (χ1) is 20.1. The van der Waals surface area contributed by atoms with Crippen molar-refractivity contribution < 1.29 is 24.6 Å². The van der Waals surface area contributed by atoms with Crippen molar-refractivity contribution in [3.63, 3.8) is 0 Å². The second kappa shape index (κ2) is 10.6. The number of anilines is 1. The summed E-state index contributed by atoms with van der Waals surface area (Å²) >= 11 is 3.27. The van der Waals surface area contributed by atoms with Crippen LogP contribution < -0.4 is 5.32 Å². The Morgan fingerprint density at radius 1 is 1.12 bits per heavy atom. The van der Waals surface area contributed by atoms with Crippen molar-refractivity contribution in [2.45, 2.75) is 51.9 Å². The van der Waals surface area contributed by atoms with Gasteiger partial charge in [0, 0.05) is 47.3 Å². The third-order valence-corrected chi connectivity index (χ3v) is 8.45. The molecular weight excluding hydrogens is 608 g/mol. The van der Waals surface area contributed by atoms with E-state index in [2.05, 4.69) is 46.3 Å². The molecule has 0 bridgehead atoms. The number of fused-ring (bicyclic) bond motifs is 2. The van der Waals surface area contributed by atoms with Crippen LogP contribution in [0.5, 0.6) is 0 Å². The lowest BCUT2D eigenvalue weighted by atomic mass is 10.00. The van der Waals surface area contributed by atoms with Gasteiger partial charge in [0.1, 0.15) is 34.5 Å². The van der Waals surface area contributed by atoms with Crippen LogP contribution in [0, 0.1) is 12.3 Å². The number of hydrogen-bond donors (Lipinski definition) is 3. The van der Waals surface area contributed by atoms with Crippen molar-refractivity contribution in [1.82, 2.24) is 34.6 Å². The molecule has 0 aromatic carbocycles. The quantitative estimate of drug-likeness (QED) is 0.192. The molecule has 0 spiro atoms. The summed E-state index contributed by atoms with van der Waals surface area (Å²) in [6, 6.07) is 3.84. The maximum atomic E-state index is 13.8. The van der Waals surface area contributed by atoms with Crippen LogP contribution >= 0.6 is 15.9 Å². The highest BCUT2D eigenvalue weighted by atomic mass is 79.9. The predicted molar refractivity (Wildman–Crippen MR) is 153 cm³/mol. The lowest BCUT2D eigenvalue weighted by molar-refractivity contribution is -0.138. The largest absolute Gasteiger partial charge is 0.396 e. The van der Waals surface area contributed by atoms with Crippen LogP contribution in [0.2, 0.25) is 0 Å². The fraction of sp³-hybridized carbons (Fsp3) is 0.357. The molecule has 4 aromatic heterocycles. The maximum absolute atomic E-state index is 13.8. The average Bonchev–Trinajstić information content (AvgIpc) is 3.41. The van der Waals surface area contributed by atoms with Crippen molar-refractivity contribution in [2.24, 2.45) is 5.41 Å². The smallest absolute Gasteiger partial charge is 0.248 e. The van der Waals surface area contributed by atoms with Gasteiger partial charge in [0.2, 0.25) is 11.8 Å². The van der Waals surface area contributed by atoms with Gasteiger partial charge in [-0.25, -0.2) is 15.0 Å². The SMILES string of the molecule is CC(=O)c1nn(CC(=O)N2[C@H](C(=O)Nc3nc(Br)ccc3CO)C[C@@]3(CO)C[C@@H]23)c2cnc(-c3cnc(C)nc3)cc12. The van der Waals surface area contributed by atoms with E-state index in [0.29, 0.717) is 44.6 Å². The number of nitrogens with one attached hydrogen (secondary N) is 1. The van der Waals surface area contributed by atoms with Gasteiger partial charge in [-0.2, -0.15) is 5.10 Å².